The Morgan fingerprint density at radius 1 is 1.58 bits per heavy atom. The van der Waals surface area contributed by atoms with Crippen molar-refractivity contribution < 1.29 is 9.59 Å². The molecule has 1 rings (SSSR count). The van der Waals surface area contributed by atoms with Crippen LogP contribution in [0.15, 0.2) is 0 Å². The van der Waals surface area contributed by atoms with Crippen LogP contribution in [0.2, 0.25) is 0 Å². The van der Waals surface area contributed by atoms with Crippen molar-refractivity contribution in [1.29, 1.82) is 0 Å². The Kier molecular flexibility index (Phi) is 2.47. The van der Waals surface area contributed by atoms with Crippen molar-refractivity contribution in [3.63, 3.8) is 0 Å². The van der Waals surface area contributed by atoms with Crippen LogP contribution >= 0.6 is 0 Å². The molecule has 0 aliphatic carbocycles. The fourth-order valence-electron chi connectivity index (χ4n) is 1.27. The molecule has 0 radical (unpaired) electrons. The molecule has 1 atom stereocenters. The van der Waals surface area contributed by atoms with Crippen LogP contribution in [0.1, 0.15) is 20.3 Å². The molecule has 4 heteroatoms. The first kappa shape index (κ1) is 9.19. The second kappa shape index (κ2) is 3.23. The zero-order valence-electron chi connectivity index (χ0n) is 7.41. The van der Waals surface area contributed by atoms with E-state index in [0.717, 1.165) is 0 Å². The van der Waals surface area contributed by atoms with Crippen LogP contribution in [0.5, 0.6) is 0 Å². The molecule has 4 nitrogen and oxygen atoms in total. The Labute approximate surface area is 71.7 Å². The largest absolute Gasteiger partial charge is 0.319 e. The maximum atomic E-state index is 11.2. The standard InChI is InChI=1S/C8H14N2O2/c1-5(2)4-10-7(11)3-6(9)8(10)12/h5-6H,3-4,9H2,1-2H3. The normalized spacial score (nSPS) is 24.3. The second-order valence-electron chi connectivity index (χ2n) is 3.55. The van der Waals surface area contributed by atoms with Crippen LogP contribution in [-0.2, 0) is 9.59 Å². The van der Waals surface area contributed by atoms with Gasteiger partial charge in [-0.3, -0.25) is 14.5 Å². The van der Waals surface area contributed by atoms with E-state index in [1.165, 1.54) is 4.90 Å². The topological polar surface area (TPSA) is 63.4 Å². The van der Waals surface area contributed by atoms with E-state index in [2.05, 4.69) is 0 Å². The number of hydrogen-bond donors (Lipinski definition) is 1. The van der Waals surface area contributed by atoms with Gasteiger partial charge in [-0.1, -0.05) is 13.8 Å². The van der Waals surface area contributed by atoms with E-state index in [1.807, 2.05) is 13.8 Å². The zero-order valence-corrected chi connectivity index (χ0v) is 7.41. The van der Waals surface area contributed by atoms with E-state index in [-0.39, 0.29) is 18.2 Å². The summed E-state index contributed by atoms with van der Waals surface area (Å²) in [6.45, 7) is 4.42. The zero-order chi connectivity index (χ0) is 9.30. The minimum atomic E-state index is -0.601. The first-order valence-corrected chi connectivity index (χ1v) is 4.12. The van der Waals surface area contributed by atoms with Gasteiger partial charge in [0.25, 0.3) is 0 Å². The van der Waals surface area contributed by atoms with Gasteiger partial charge in [0, 0.05) is 6.54 Å². The summed E-state index contributed by atoms with van der Waals surface area (Å²) in [5.74, 6) is -0.0573. The lowest BCUT2D eigenvalue weighted by molar-refractivity contribution is -0.139. The van der Waals surface area contributed by atoms with Crippen LogP contribution in [0, 0.1) is 5.92 Å². The Hall–Kier alpha value is -0.900. The summed E-state index contributed by atoms with van der Waals surface area (Å²) < 4.78 is 0. The molecule has 1 aliphatic rings. The fraction of sp³-hybridized carbons (Fsp3) is 0.750. The molecule has 0 aromatic carbocycles. The molecule has 2 N–H and O–H groups in total. The molecule has 0 saturated carbocycles. The summed E-state index contributed by atoms with van der Waals surface area (Å²) in [6.07, 6.45) is 0.172. The minimum Gasteiger partial charge on any atom is -0.319 e. The molecule has 1 unspecified atom stereocenters. The third kappa shape index (κ3) is 1.64. The van der Waals surface area contributed by atoms with Crippen molar-refractivity contribution in [3.05, 3.63) is 0 Å². The molecule has 0 aromatic heterocycles. The monoisotopic (exact) mass is 170 g/mol. The SMILES string of the molecule is CC(C)CN1C(=O)CC(N)C1=O. The highest BCUT2D eigenvalue weighted by Gasteiger charge is 2.35. The molecule has 0 aromatic rings. The minimum absolute atomic E-state index is 0.138. The van der Waals surface area contributed by atoms with Gasteiger partial charge in [-0.05, 0) is 5.92 Å². The van der Waals surface area contributed by atoms with Gasteiger partial charge in [0.1, 0.15) is 0 Å². The lowest BCUT2D eigenvalue weighted by Crippen LogP contribution is -2.37. The molecule has 0 spiro atoms. The molecule has 1 heterocycles. The van der Waals surface area contributed by atoms with Crippen molar-refractivity contribution >= 4 is 11.8 Å². The number of nitrogens with zero attached hydrogens (tertiary/aromatic N) is 1. The van der Waals surface area contributed by atoms with Crippen molar-refractivity contribution in [2.24, 2.45) is 11.7 Å². The van der Waals surface area contributed by atoms with Crippen molar-refractivity contribution in [2.45, 2.75) is 26.3 Å². The summed E-state index contributed by atoms with van der Waals surface area (Å²) in [6, 6.07) is -0.601. The molecule has 2 amide bonds. The van der Waals surface area contributed by atoms with Gasteiger partial charge < -0.3 is 5.73 Å². The Morgan fingerprint density at radius 2 is 2.17 bits per heavy atom. The summed E-state index contributed by atoms with van der Waals surface area (Å²) in [7, 11) is 0. The molecule has 68 valence electrons. The number of rotatable bonds is 2. The Bertz CT molecular complexity index is 213. The first-order chi connectivity index (χ1) is 5.52. The third-order valence-corrected chi connectivity index (χ3v) is 1.83. The quantitative estimate of drug-likeness (QED) is 0.580. The van der Waals surface area contributed by atoms with Gasteiger partial charge in [0.15, 0.2) is 0 Å². The predicted molar refractivity (Wildman–Crippen MR) is 44.2 cm³/mol. The van der Waals surface area contributed by atoms with Crippen LogP contribution in [0.4, 0.5) is 0 Å². The average molecular weight is 170 g/mol. The first-order valence-electron chi connectivity index (χ1n) is 4.12. The lowest BCUT2D eigenvalue weighted by atomic mass is 10.2. The predicted octanol–water partition coefficient (Wildman–Crippen LogP) is -0.271. The summed E-state index contributed by atoms with van der Waals surface area (Å²) in [5.41, 5.74) is 5.42. The Balaban J connectivity index is 2.64. The van der Waals surface area contributed by atoms with Gasteiger partial charge in [0.2, 0.25) is 11.8 Å². The van der Waals surface area contributed by atoms with Crippen molar-refractivity contribution in [3.8, 4) is 0 Å². The molecule has 12 heavy (non-hydrogen) atoms. The van der Waals surface area contributed by atoms with E-state index < -0.39 is 6.04 Å². The average Bonchev–Trinajstić information content (AvgIpc) is 2.16. The smallest absolute Gasteiger partial charge is 0.246 e. The van der Waals surface area contributed by atoms with Gasteiger partial charge in [0.05, 0.1) is 12.5 Å². The Morgan fingerprint density at radius 3 is 2.50 bits per heavy atom. The highest BCUT2D eigenvalue weighted by Crippen LogP contribution is 2.12. The lowest BCUT2D eigenvalue weighted by Gasteiger charge is -2.15. The highest BCUT2D eigenvalue weighted by molar-refractivity contribution is 6.05. The number of nitrogens with two attached hydrogens (primary N) is 1. The van der Waals surface area contributed by atoms with Crippen molar-refractivity contribution in [1.82, 2.24) is 4.90 Å². The fourth-order valence-corrected chi connectivity index (χ4v) is 1.27. The maximum absolute atomic E-state index is 11.2. The van der Waals surface area contributed by atoms with Crippen LogP contribution in [0.3, 0.4) is 0 Å². The van der Waals surface area contributed by atoms with E-state index in [0.29, 0.717) is 12.5 Å². The third-order valence-electron chi connectivity index (χ3n) is 1.83. The number of amides is 2. The number of likely N-dealkylation sites (tertiary alicyclic amines) is 1. The van der Waals surface area contributed by atoms with Gasteiger partial charge in [-0.15, -0.1) is 0 Å². The van der Waals surface area contributed by atoms with Gasteiger partial charge >= 0.3 is 0 Å². The van der Waals surface area contributed by atoms with E-state index in [1.54, 1.807) is 0 Å². The number of imide groups is 1. The second-order valence-corrected chi connectivity index (χ2v) is 3.55. The number of hydrogen-bond acceptors (Lipinski definition) is 3. The van der Waals surface area contributed by atoms with Crippen LogP contribution in [-0.4, -0.2) is 29.3 Å². The van der Waals surface area contributed by atoms with Crippen LogP contribution < -0.4 is 5.73 Å². The molecule has 0 bridgehead atoms. The van der Waals surface area contributed by atoms with Crippen molar-refractivity contribution in [2.75, 3.05) is 6.54 Å². The van der Waals surface area contributed by atoms with Gasteiger partial charge in [-0.2, -0.15) is 0 Å². The molecule has 1 fully saturated rings. The molecule has 1 aliphatic heterocycles. The summed E-state index contributed by atoms with van der Waals surface area (Å²) in [5, 5.41) is 0. The van der Waals surface area contributed by atoms with E-state index >= 15 is 0 Å². The molecule has 1 saturated heterocycles. The number of carbonyl (C=O) groups excluding carboxylic acids is 2. The van der Waals surface area contributed by atoms with Crippen LogP contribution in [0.25, 0.3) is 0 Å². The maximum Gasteiger partial charge on any atom is 0.246 e. The number of carbonyl (C=O) groups is 2. The van der Waals surface area contributed by atoms with E-state index in [4.69, 9.17) is 5.73 Å². The van der Waals surface area contributed by atoms with Gasteiger partial charge in [-0.25, -0.2) is 0 Å². The molecular formula is C8H14N2O2. The summed E-state index contributed by atoms with van der Waals surface area (Å²) >= 11 is 0. The molecular weight excluding hydrogens is 156 g/mol. The summed E-state index contributed by atoms with van der Waals surface area (Å²) in [4.78, 5) is 23.6. The van der Waals surface area contributed by atoms with E-state index in [9.17, 15) is 9.59 Å². The highest BCUT2D eigenvalue weighted by atomic mass is 16.2.